The fourth-order valence-corrected chi connectivity index (χ4v) is 0.967. The first-order chi connectivity index (χ1) is 6.31. The van der Waals surface area contributed by atoms with Gasteiger partial charge in [-0.3, -0.25) is 4.79 Å². The maximum absolute atomic E-state index is 11.0. The van der Waals surface area contributed by atoms with Crippen LogP contribution in [0.4, 0.5) is 0 Å². The van der Waals surface area contributed by atoms with Crippen LogP contribution in [0.5, 0.6) is 0 Å². The summed E-state index contributed by atoms with van der Waals surface area (Å²) in [6.07, 6.45) is 8.65. The fourth-order valence-electron chi connectivity index (χ4n) is 0.967. The highest BCUT2D eigenvalue weighted by Crippen LogP contribution is 2.00. The molecule has 0 unspecified atom stereocenters. The fraction of sp³-hybridized carbons (Fsp3) is 0.727. The minimum Gasteiger partial charge on any atom is -0.461 e. The van der Waals surface area contributed by atoms with Crippen LogP contribution in [0, 0.1) is 0 Å². The molecule has 13 heavy (non-hydrogen) atoms. The van der Waals surface area contributed by atoms with Gasteiger partial charge in [0, 0.05) is 6.42 Å². The molecular formula is C11H20O2. The van der Waals surface area contributed by atoms with E-state index in [0.29, 0.717) is 13.0 Å². The number of esters is 1. The Morgan fingerprint density at radius 1 is 1.23 bits per heavy atom. The number of carbonyl (C=O) groups is 1. The molecule has 2 nitrogen and oxygen atoms in total. The smallest absolute Gasteiger partial charge is 0.306 e. The third-order valence-corrected chi connectivity index (χ3v) is 1.73. The lowest BCUT2D eigenvalue weighted by molar-refractivity contribution is -0.142. The van der Waals surface area contributed by atoms with Crippen molar-refractivity contribution in [2.45, 2.75) is 46.0 Å². The van der Waals surface area contributed by atoms with E-state index < -0.39 is 0 Å². The van der Waals surface area contributed by atoms with E-state index >= 15 is 0 Å². The number of ether oxygens (including phenoxy) is 1. The van der Waals surface area contributed by atoms with Crippen molar-refractivity contribution in [3.8, 4) is 0 Å². The molecule has 0 aromatic carbocycles. The van der Waals surface area contributed by atoms with Gasteiger partial charge in [0.05, 0.1) is 0 Å². The summed E-state index contributed by atoms with van der Waals surface area (Å²) >= 11 is 0. The van der Waals surface area contributed by atoms with Crippen molar-refractivity contribution in [2.24, 2.45) is 0 Å². The van der Waals surface area contributed by atoms with E-state index in [1.807, 2.05) is 12.2 Å². The van der Waals surface area contributed by atoms with Crippen molar-refractivity contribution in [2.75, 3.05) is 6.61 Å². The maximum atomic E-state index is 11.0. The van der Waals surface area contributed by atoms with Gasteiger partial charge in [-0.25, -0.2) is 0 Å². The first-order valence-electron chi connectivity index (χ1n) is 5.11. The molecule has 0 saturated carbocycles. The molecule has 0 radical (unpaired) electrons. The van der Waals surface area contributed by atoms with Crippen LogP contribution in [-0.4, -0.2) is 12.6 Å². The molecule has 0 spiro atoms. The number of hydrogen-bond acceptors (Lipinski definition) is 2. The van der Waals surface area contributed by atoms with Crippen molar-refractivity contribution in [1.29, 1.82) is 0 Å². The molecule has 2 heteroatoms. The molecule has 0 heterocycles. The first kappa shape index (κ1) is 12.2. The third kappa shape index (κ3) is 9.12. The first-order valence-corrected chi connectivity index (χ1v) is 5.11. The molecular weight excluding hydrogens is 164 g/mol. The number of carbonyl (C=O) groups excluding carboxylic acids is 1. The third-order valence-electron chi connectivity index (χ3n) is 1.73. The lowest BCUT2D eigenvalue weighted by Gasteiger charge is -2.00. The van der Waals surface area contributed by atoms with Crippen molar-refractivity contribution < 1.29 is 9.53 Å². The number of allylic oxidation sites excluding steroid dienone is 1. The van der Waals surface area contributed by atoms with Gasteiger partial charge in [-0.1, -0.05) is 38.8 Å². The summed E-state index contributed by atoms with van der Waals surface area (Å²) in [5, 5.41) is 0. The molecule has 0 saturated heterocycles. The van der Waals surface area contributed by atoms with E-state index in [-0.39, 0.29) is 5.97 Å². The van der Waals surface area contributed by atoms with Gasteiger partial charge in [-0.2, -0.15) is 0 Å². The van der Waals surface area contributed by atoms with Crippen LogP contribution in [0.15, 0.2) is 12.2 Å². The maximum Gasteiger partial charge on any atom is 0.306 e. The molecule has 0 bridgehead atoms. The summed E-state index contributed by atoms with van der Waals surface area (Å²) < 4.78 is 4.96. The van der Waals surface area contributed by atoms with E-state index in [4.69, 9.17) is 4.74 Å². The molecule has 0 rings (SSSR count). The molecule has 0 aromatic rings. The normalized spacial score (nSPS) is 10.6. The van der Waals surface area contributed by atoms with E-state index in [2.05, 4.69) is 13.8 Å². The number of hydrogen-bond donors (Lipinski definition) is 0. The zero-order valence-corrected chi connectivity index (χ0v) is 8.71. The second-order valence-corrected chi connectivity index (χ2v) is 3.02. The van der Waals surface area contributed by atoms with Gasteiger partial charge in [0.1, 0.15) is 6.61 Å². The van der Waals surface area contributed by atoms with E-state index in [0.717, 1.165) is 25.7 Å². The highest BCUT2D eigenvalue weighted by Gasteiger charge is 1.99. The Balaban J connectivity index is 3.25. The van der Waals surface area contributed by atoms with Crippen molar-refractivity contribution in [3.63, 3.8) is 0 Å². The average Bonchev–Trinajstić information content (AvgIpc) is 2.13. The lowest BCUT2D eigenvalue weighted by atomic mass is 10.2. The zero-order valence-electron chi connectivity index (χ0n) is 8.71. The molecule has 0 aliphatic rings. The van der Waals surface area contributed by atoms with Crippen LogP contribution in [0.25, 0.3) is 0 Å². The summed E-state index contributed by atoms with van der Waals surface area (Å²) in [6.45, 7) is 4.60. The van der Waals surface area contributed by atoms with Crippen LogP contribution in [0.3, 0.4) is 0 Å². The van der Waals surface area contributed by atoms with Gasteiger partial charge in [0.25, 0.3) is 0 Å². The summed E-state index contributed by atoms with van der Waals surface area (Å²) in [6, 6.07) is 0. The van der Waals surface area contributed by atoms with Crippen LogP contribution in [-0.2, 0) is 9.53 Å². The molecule has 0 amide bonds. The highest BCUT2D eigenvalue weighted by atomic mass is 16.5. The lowest BCUT2D eigenvalue weighted by Crippen LogP contribution is -2.03. The quantitative estimate of drug-likeness (QED) is 0.345. The highest BCUT2D eigenvalue weighted by molar-refractivity contribution is 5.69. The monoisotopic (exact) mass is 184 g/mol. The van der Waals surface area contributed by atoms with Crippen molar-refractivity contribution >= 4 is 5.97 Å². The molecule has 0 aliphatic heterocycles. The predicted octanol–water partition coefficient (Wildman–Crippen LogP) is 3.08. The topological polar surface area (TPSA) is 26.3 Å². The minimum atomic E-state index is -0.0748. The molecule has 0 atom stereocenters. The van der Waals surface area contributed by atoms with Gasteiger partial charge < -0.3 is 4.74 Å². The van der Waals surface area contributed by atoms with E-state index in [1.54, 1.807) is 0 Å². The Kier molecular flexibility index (Phi) is 8.73. The summed E-state index contributed by atoms with van der Waals surface area (Å²) in [7, 11) is 0. The van der Waals surface area contributed by atoms with Gasteiger partial charge in [0.2, 0.25) is 0 Å². The Labute approximate surface area is 81.0 Å². The molecule has 0 N–H and O–H groups in total. The summed E-state index contributed by atoms with van der Waals surface area (Å²) in [5.74, 6) is -0.0748. The second kappa shape index (κ2) is 9.30. The van der Waals surface area contributed by atoms with Crippen LogP contribution < -0.4 is 0 Å². The van der Waals surface area contributed by atoms with Gasteiger partial charge in [-0.15, -0.1) is 0 Å². The SMILES string of the molecule is CC/C=C\COC(=O)CCCCC. The second-order valence-electron chi connectivity index (χ2n) is 3.02. The van der Waals surface area contributed by atoms with Gasteiger partial charge in [-0.05, 0) is 12.8 Å². The number of rotatable bonds is 7. The molecule has 0 fully saturated rings. The average molecular weight is 184 g/mol. The van der Waals surface area contributed by atoms with Crippen LogP contribution in [0.2, 0.25) is 0 Å². The van der Waals surface area contributed by atoms with Crippen LogP contribution in [0.1, 0.15) is 46.0 Å². The Morgan fingerprint density at radius 2 is 2.00 bits per heavy atom. The Bertz CT molecular complexity index is 150. The van der Waals surface area contributed by atoms with Crippen molar-refractivity contribution in [3.05, 3.63) is 12.2 Å². The summed E-state index contributed by atoms with van der Waals surface area (Å²) in [4.78, 5) is 11.0. The Morgan fingerprint density at radius 3 is 2.62 bits per heavy atom. The zero-order chi connectivity index (χ0) is 9.94. The van der Waals surface area contributed by atoms with Crippen LogP contribution >= 0.6 is 0 Å². The van der Waals surface area contributed by atoms with Gasteiger partial charge in [0.15, 0.2) is 0 Å². The standard InChI is InChI=1S/C11H20O2/c1-3-5-7-9-11(12)13-10-8-6-4-2/h6,8H,3-5,7,9-10H2,1-2H3/b8-6-. The number of unbranched alkanes of at least 4 members (excludes halogenated alkanes) is 2. The molecule has 0 aliphatic carbocycles. The van der Waals surface area contributed by atoms with E-state index in [9.17, 15) is 4.79 Å². The van der Waals surface area contributed by atoms with Gasteiger partial charge >= 0.3 is 5.97 Å². The summed E-state index contributed by atoms with van der Waals surface area (Å²) in [5.41, 5.74) is 0. The minimum absolute atomic E-state index is 0.0748. The molecule has 0 aromatic heterocycles. The molecule has 76 valence electrons. The predicted molar refractivity (Wildman–Crippen MR) is 54.5 cm³/mol. The van der Waals surface area contributed by atoms with E-state index in [1.165, 1.54) is 0 Å². The van der Waals surface area contributed by atoms with Crippen molar-refractivity contribution in [1.82, 2.24) is 0 Å². The largest absolute Gasteiger partial charge is 0.461 e. The Hall–Kier alpha value is -0.790.